The molecule has 1 N–H and O–H groups in total. The van der Waals surface area contributed by atoms with Crippen LogP contribution in [0.15, 0.2) is 36.4 Å². The standard InChI is InChI=1S/C24H30Cl2N2O3/c1-15-7-10-21(16(2)11-15)31-14-22(29)28(17(3)23(30)27-24(4,5)6)13-18-8-9-19(25)20(26)12-18/h7-12,17H,13-14H2,1-6H3,(H,27,30). The summed E-state index contributed by atoms with van der Waals surface area (Å²) in [7, 11) is 0. The number of hydrogen-bond acceptors (Lipinski definition) is 3. The van der Waals surface area contributed by atoms with Gasteiger partial charge in [-0.1, -0.05) is 47.0 Å². The number of nitrogens with one attached hydrogen (secondary N) is 1. The van der Waals surface area contributed by atoms with E-state index >= 15 is 0 Å². The number of hydrogen-bond donors (Lipinski definition) is 1. The SMILES string of the molecule is Cc1ccc(OCC(=O)N(Cc2ccc(Cl)c(Cl)c2)C(C)C(=O)NC(C)(C)C)c(C)c1. The molecule has 31 heavy (non-hydrogen) atoms. The largest absolute Gasteiger partial charge is 0.483 e. The molecule has 0 aromatic heterocycles. The first-order valence-electron chi connectivity index (χ1n) is 10.1. The molecule has 0 saturated carbocycles. The van der Waals surface area contributed by atoms with Crippen molar-refractivity contribution in [1.29, 1.82) is 0 Å². The van der Waals surface area contributed by atoms with E-state index in [1.165, 1.54) is 4.90 Å². The van der Waals surface area contributed by atoms with Gasteiger partial charge in [0.15, 0.2) is 6.61 Å². The molecule has 0 radical (unpaired) electrons. The summed E-state index contributed by atoms with van der Waals surface area (Å²) in [6.07, 6.45) is 0. The van der Waals surface area contributed by atoms with Gasteiger partial charge in [0.2, 0.25) is 5.91 Å². The highest BCUT2D eigenvalue weighted by molar-refractivity contribution is 6.42. The van der Waals surface area contributed by atoms with Crippen molar-refractivity contribution in [2.75, 3.05) is 6.61 Å². The minimum atomic E-state index is -0.705. The molecule has 0 fully saturated rings. The third kappa shape index (κ3) is 7.44. The topological polar surface area (TPSA) is 58.6 Å². The molecule has 0 heterocycles. The summed E-state index contributed by atoms with van der Waals surface area (Å²) in [5.74, 6) is 0.0928. The molecule has 0 aliphatic rings. The fourth-order valence-corrected chi connectivity index (χ4v) is 3.40. The van der Waals surface area contributed by atoms with Crippen molar-refractivity contribution in [3.05, 3.63) is 63.1 Å². The fraction of sp³-hybridized carbons (Fsp3) is 0.417. The highest BCUT2D eigenvalue weighted by Crippen LogP contribution is 2.24. The molecular weight excluding hydrogens is 435 g/mol. The summed E-state index contributed by atoms with van der Waals surface area (Å²) < 4.78 is 5.78. The molecule has 5 nitrogen and oxygen atoms in total. The minimum absolute atomic E-state index is 0.182. The van der Waals surface area contributed by atoms with E-state index in [0.29, 0.717) is 15.8 Å². The van der Waals surface area contributed by atoms with E-state index in [1.54, 1.807) is 25.1 Å². The lowest BCUT2D eigenvalue weighted by atomic mass is 10.1. The Hall–Kier alpha value is -2.24. The van der Waals surface area contributed by atoms with Crippen molar-refractivity contribution < 1.29 is 14.3 Å². The first-order chi connectivity index (χ1) is 14.4. The van der Waals surface area contributed by atoms with Crippen LogP contribution in [0, 0.1) is 13.8 Å². The first kappa shape index (κ1) is 25.0. The van der Waals surface area contributed by atoms with Gasteiger partial charge in [0, 0.05) is 12.1 Å². The van der Waals surface area contributed by atoms with Crippen molar-refractivity contribution >= 4 is 35.0 Å². The lowest BCUT2D eigenvalue weighted by Gasteiger charge is -2.31. The number of amides is 2. The molecule has 2 amide bonds. The average molecular weight is 465 g/mol. The molecule has 2 aromatic rings. The minimum Gasteiger partial charge on any atom is -0.483 e. The lowest BCUT2D eigenvalue weighted by Crippen LogP contribution is -2.53. The summed E-state index contributed by atoms with van der Waals surface area (Å²) in [5, 5.41) is 3.75. The van der Waals surface area contributed by atoms with Crippen LogP contribution in [-0.4, -0.2) is 34.9 Å². The zero-order valence-electron chi connectivity index (χ0n) is 18.9. The number of carbonyl (C=O) groups is 2. The Labute approximate surface area is 194 Å². The molecule has 7 heteroatoms. The number of nitrogens with zero attached hydrogens (tertiary/aromatic N) is 1. The molecule has 2 aromatic carbocycles. The molecule has 2 rings (SSSR count). The zero-order valence-corrected chi connectivity index (χ0v) is 20.4. The van der Waals surface area contributed by atoms with Crippen LogP contribution in [0.4, 0.5) is 0 Å². The van der Waals surface area contributed by atoms with Gasteiger partial charge in [-0.3, -0.25) is 9.59 Å². The number of rotatable bonds is 7. The Bertz CT molecular complexity index is 954. The van der Waals surface area contributed by atoms with E-state index in [1.807, 2.05) is 52.8 Å². The van der Waals surface area contributed by atoms with E-state index in [0.717, 1.165) is 16.7 Å². The van der Waals surface area contributed by atoms with Gasteiger partial charge in [0.1, 0.15) is 11.8 Å². The second-order valence-corrected chi connectivity index (χ2v) is 9.56. The van der Waals surface area contributed by atoms with Crippen molar-refractivity contribution in [3.8, 4) is 5.75 Å². The van der Waals surface area contributed by atoms with Gasteiger partial charge in [-0.15, -0.1) is 0 Å². The zero-order chi connectivity index (χ0) is 23.3. The average Bonchev–Trinajstić information content (AvgIpc) is 2.66. The monoisotopic (exact) mass is 464 g/mol. The van der Waals surface area contributed by atoms with E-state index in [2.05, 4.69) is 5.32 Å². The molecule has 0 aliphatic carbocycles. The summed E-state index contributed by atoms with van der Waals surface area (Å²) in [5.41, 5.74) is 2.41. The molecule has 0 saturated heterocycles. The Morgan fingerprint density at radius 1 is 1.06 bits per heavy atom. The van der Waals surface area contributed by atoms with Crippen LogP contribution in [0.5, 0.6) is 5.75 Å². The predicted octanol–water partition coefficient (Wildman–Crippen LogP) is 5.32. The predicted molar refractivity (Wildman–Crippen MR) is 126 cm³/mol. The van der Waals surface area contributed by atoms with E-state index < -0.39 is 11.6 Å². The molecule has 0 bridgehead atoms. The van der Waals surface area contributed by atoms with E-state index in [9.17, 15) is 9.59 Å². The molecular formula is C24H30Cl2N2O3. The van der Waals surface area contributed by atoms with Crippen LogP contribution < -0.4 is 10.1 Å². The quantitative estimate of drug-likeness (QED) is 0.602. The van der Waals surface area contributed by atoms with Crippen LogP contribution in [0.2, 0.25) is 10.0 Å². The highest BCUT2D eigenvalue weighted by Gasteiger charge is 2.29. The Balaban J connectivity index is 2.23. The van der Waals surface area contributed by atoms with Crippen molar-refractivity contribution in [2.45, 2.75) is 59.7 Å². The third-order valence-corrected chi connectivity index (χ3v) is 5.42. The van der Waals surface area contributed by atoms with Crippen LogP contribution in [0.3, 0.4) is 0 Å². The second kappa shape index (κ2) is 10.4. The van der Waals surface area contributed by atoms with E-state index in [-0.39, 0.29) is 25.0 Å². The highest BCUT2D eigenvalue weighted by atomic mass is 35.5. The van der Waals surface area contributed by atoms with Gasteiger partial charge >= 0.3 is 0 Å². The number of benzene rings is 2. The summed E-state index contributed by atoms with van der Waals surface area (Å²) in [6.45, 7) is 11.3. The Morgan fingerprint density at radius 2 is 1.74 bits per heavy atom. The normalized spacial score (nSPS) is 12.3. The van der Waals surface area contributed by atoms with Gasteiger partial charge in [-0.05, 0) is 70.9 Å². The number of aryl methyl sites for hydroxylation is 2. The molecule has 0 spiro atoms. The molecule has 1 atom stereocenters. The Morgan fingerprint density at radius 3 is 2.32 bits per heavy atom. The van der Waals surface area contributed by atoms with Crippen LogP contribution in [-0.2, 0) is 16.1 Å². The third-order valence-electron chi connectivity index (χ3n) is 4.68. The lowest BCUT2D eigenvalue weighted by molar-refractivity contribution is -0.142. The van der Waals surface area contributed by atoms with Crippen LogP contribution >= 0.6 is 23.2 Å². The summed E-state index contributed by atoms with van der Waals surface area (Å²) >= 11 is 12.2. The van der Waals surface area contributed by atoms with Crippen molar-refractivity contribution in [3.63, 3.8) is 0 Å². The first-order valence-corrected chi connectivity index (χ1v) is 10.9. The fourth-order valence-electron chi connectivity index (χ4n) is 3.08. The van der Waals surface area contributed by atoms with Crippen molar-refractivity contribution in [2.24, 2.45) is 0 Å². The van der Waals surface area contributed by atoms with Gasteiger partial charge < -0.3 is 15.0 Å². The Kier molecular flexibility index (Phi) is 8.38. The number of halogens is 2. The molecule has 168 valence electrons. The maximum absolute atomic E-state index is 13.1. The van der Waals surface area contributed by atoms with Gasteiger partial charge in [-0.2, -0.15) is 0 Å². The van der Waals surface area contributed by atoms with Gasteiger partial charge in [0.05, 0.1) is 10.0 Å². The summed E-state index contributed by atoms with van der Waals surface area (Å²) in [4.78, 5) is 27.4. The van der Waals surface area contributed by atoms with Crippen molar-refractivity contribution in [1.82, 2.24) is 10.2 Å². The summed E-state index contributed by atoms with van der Waals surface area (Å²) in [6, 6.07) is 10.2. The smallest absolute Gasteiger partial charge is 0.261 e. The molecule has 1 unspecified atom stereocenters. The second-order valence-electron chi connectivity index (χ2n) is 8.74. The van der Waals surface area contributed by atoms with Gasteiger partial charge in [0.25, 0.3) is 5.91 Å². The molecule has 0 aliphatic heterocycles. The van der Waals surface area contributed by atoms with Crippen LogP contribution in [0.1, 0.15) is 44.4 Å². The van der Waals surface area contributed by atoms with Crippen LogP contribution in [0.25, 0.3) is 0 Å². The van der Waals surface area contributed by atoms with E-state index in [4.69, 9.17) is 27.9 Å². The van der Waals surface area contributed by atoms with Gasteiger partial charge in [-0.25, -0.2) is 0 Å². The maximum atomic E-state index is 13.1. The maximum Gasteiger partial charge on any atom is 0.261 e. The number of ether oxygens (including phenoxy) is 1. The number of carbonyl (C=O) groups excluding carboxylic acids is 2.